The minimum atomic E-state index is 0.0919. The van der Waals surface area contributed by atoms with Crippen molar-refractivity contribution in [3.63, 3.8) is 0 Å². The van der Waals surface area contributed by atoms with E-state index >= 15 is 0 Å². The Kier molecular flexibility index (Phi) is 3.78. The van der Waals surface area contributed by atoms with Crippen LogP contribution in [0.1, 0.15) is 12.8 Å². The van der Waals surface area contributed by atoms with Gasteiger partial charge in [-0.3, -0.25) is 4.79 Å². The van der Waals surface area contributed by atoms with Crippen LogP contribution in [-0.2, 0) is 4.79 Å². The third-order valence-electron chi connectivity index (χ3n) is 3.94. The fraction of sp³-hybridized carbons (Fsp3) is 0.167. The molecule has 0 aliphatic heterocycles. The van der Waals surface area contributed by atoms with Crippen LogP contribution in [0.4, 0.5) is 17.2 Å². The normalized spacial score (nSPS) is 13.7. The van der Waals surface area contributed by atoms with E-state index in [0.29, 0.717) is 10.8 Å². The van der Waals surface area contributed by atoms with Crippen LogP contribution in [0.15, 0.2) is 48.8 Å². The summed E-state index contributed by atoms with van der Waals surface area (Å²) in [5, 5.41) is 7.74. The van der Waals surface area contributed by atoms with Crippen molar-refractivity contribution < 1.29 is 4.79 Å². The van der Waals surface area contributed by atoms with Crippen molar-refractivity contribution >= 4 is 45.6 Å². The first-order valence-electron chi connectivity index (χ1n) is 7.77. The van der Waals surface area contributed by atoms with Crippen molar-refractivity contribution in [2.45, 2.75) is 12.8 Å². The highest BCUT2D eigenvalue weighted by molar-refractivity contribution is 6.31. The second kappa shape index (κ2) is 6.09. The number of rotatable bonds is 4. The molecule has 0 unspecified atom stereocenters. The highest BCUT2D eigenvalue weighted by atomic mass is 35.5. The van der Waals surface area contributed by atoms with Crippen molar-refractivity contribution in [3.05, 3.63) is 53.8 Å². The molecule has 0 radical (unpaired) electrons. The molecule has 120 valence electrons. The van der Waals surface area contributed by atoms with Gasteiger partial charge in [0.05, 0.1) is 5.52 Å². The molecule has 1 aliphatic carbocycles. The van der Waals surface area contributed by atoms with Crippen molar-refractivity contribution in [1.82, 2.24) is 9.97 Å². The molecule has 1 saturated carbocycles. The molecule has 3 aromatic rings. The number of anilines is 3. The summed E-state index contributed by atoms with van der Waals surface area (Å²) in [6.45, 7) is 0. The molecular formula is C18H15ClN4O. The Bertz CT molecular complexity index is 924. The SMILES string of the molecule is O=C(Nc1cccc(Nc2ncnc3cc(Cl)ccc23)c1)C1CC1. The number of benzene rings is 2. The highest BCUT2D eigenvalue weighted by Gasteiger charge is 2.29. The van der Waals surface area contributed by atoms with E-state index in [9.17, 15) is 4.79 Å². The smallest absolute Gasteiger partial charge is 0.227 e. The van der Waals surface area contributed by atoms with E-state index in [1.54, 1.807) is 6.07 Å². The molecule has 1 fully saturated rings. The summed E-state index contributed by atoms with van der Waals surface area (Å²) in [6.07, 6.45) is 3.47. The highest BCUT2D eigenvalue weighted by Crippen LogP contribution is 2.31. The van der Waals surface area contributed by atoms with Crippen molar-refractivity contribution in [1.29, 1.82) is 0 Å². The number of hydrogen-bond acceptors (Lipinski definition) is 4. The van der Waals surface area contributed by atoms with E-state index in [-0.39, 0.29) is 11.8 Å². The third-order valence-corrected chi connectivity index (χ3v) is 4.17. The Balaban J connectivity index is 1.60. The Labute approximate surface area is 144 Å². The fourth-order valence-electron chi connectivity index (χ4n) is 2.53. The molecule has 24 heavy (non-hydrogen) atoms. The van der Waals surface area contributed by atoms with Gasteiger partial charge >= 0.3 is 0 Å². The maximum Gasteiger partial charge on any atom is 0.227 e. The summed E-state index contributed by atoms with van der Waals surface area (Å²) in [4.78, 5) is 20.4. The number of hydrogen-bond donors (Lipinski definition) is 2. The number of halogens is 1. The number of amides is 1. The van der Waals surface area contributed by atoms with E-state index in [1.165, 1.54) is 6.33 Å². The average Bonchev–Trinajstić information content (AvgIpc) is 3.40. The topological polar surface area (TPSA) is 66.9 Å². The maximum absolute atomic E-state index is 11.9. The zero-order valence-electron chi connectivity index (χ0n) is 12.8. The summed E-state index contributed by atoms with van der Waals surface area (Å²) in [7, 11) is 0. The molecule has 6 heteroatoms. The van der Waals surface area contributed by atoms with Crippen LogP contribution >= 0.6 is 11.6 Å². The zero-order valence-corrected chi connectivity index (χ0v) is 13.5. The summed E-state index contributed by atoms with van der Waals surface area (Å²) in [5.74, 6) is 0.966. The Morgan fingerprint density at radius 2 is 1.92 bits per heavy atom. The number of nitrogens with zero attached hydrogens (tertiary/aromatic N) is 2. The number of carbonyl (C=O) groups is 1. The van der Waals surface area contributed by atoms with Crippen LogP contribution in [0.25, 0.3) is 10.9 Å². The minimum Gasteiger partial charge on any atom is -0.340 e. The second-order valence-electron chi connectivity index (χ2n) is 5.85. The molecule has 0 atom stereocenters. The van der Waals surface area contributed by atoms with Crippen LogP contribution in [0.3, 0.4) is 0 Å². The Morgan fingerprint density at radius 3 is 2.75 bits per heavy atom. The molecule has 4 rings (SSSR count). The average molecular weight is 339 g/mol. The Hall–Kier alpha value is -2.66. The van der Waals surface area contributed by atoms with Gasteiger partial charge in [0.1, 0.15) is 12.1 Å². The molecule has 0 bridgehead atoms. The van der Waals surface area contributed by atoms with Gasteiger partial charge in [-0.2, -0.15) is 0 Å². The van der Waals surface area contributed by atoms with Crippen LogP contribution in [0, 0.1) is 5.92 Å². The van der Waals surface area contributed by atoms with E-state index < -0.39 is 0 Å². The molecule has 5 nitrogen and oxygen atoms in total. The first-order chi connectivity index (χ1) is 11.7. The molecule has 1 amide bonds. The van der Waals surface area contributed by atoms with Crippen LogP contribution in [0.2, 0.25) is 5.02 Å². The zero-order chi connectivity index (χ0) is 16.5. The molecule has 1 heterocycles. The summed E-state index contributed by atoms with van der Waals surface area (Å²) >= 11 is 6.01. The predicted molar refractivity (Wildman–Crippen MR) is 95.6 cm³/mol. The van der Waals surface area contributed by atoms with Crippen LogP contribution in [-0.4, -0.2) is 15.9 Å². The van der Waals surface area contributed by atoms with Gasteiger partial charge in [-0.05, 0) is 49.2 Å². The lowest BCUT2D eigenvalue weighted by molar-refractivity contribution is -0.117. The summed E-state index contributed by atoms with van der Waals surface area (Å²) < 4.78 is 0. The van der Waals surface area contributed by atoms with Crippen molar-refractivity contribution in [2.24, 2.45) is 5.92 Å². The lowest BCUT2D eigenvalue weighted by atomic mass is 10.2. The van der Waals surface area contributed by atoms with Gasteiger partial charge in [0.2, 0.25) is 5.91 Å². The van der Waals surface area contributed by atoms with Gasteiger partial charge in [0.25, 0.3) is 0 Å². The number of aromatic nitrogens is 2. The van der Waals surface area contributed by atoms with Crippen molar-refractivity contribution in [3.8, 4) is 0 Å². The second-order valence-corrected chi connectivity index (χ2v) is 6.29. The van der Waals surface area contributed by atoms with Gasteiger partial charge in [-0.15, -0.1) is 0 Å². The number of fused-ring (bicyclic) bond motifs is 1. The molecule has 0 spiro atoms. The molecular weight excluding hydrogens is 324 g/mol. The van der Waals surface area contributed by atoms with Gasteiger partial charge in [-0.1, -0.05) is 17.7 Å². The van der Waals surface area contributed by atoms with Crippen LogP contribution in [0.5, 0.6) is 0 Å². The standard InChI is InChI=1S/C18H15ClN4O/c19-12-6-7-15-16(8-12)20-10-21-17(15)22-13-2-1-3-14(9-13)23-18(24)11-4-5-11/h1-3,6-11H,4-5H2,(H,23,24)(H,20,21,22). The molecule has 1 aliphatic rings. The largest absolute Gasteiger partial charge is 0.340 e. The van der Waals surface area contributed by atoms with E-state index in [0.717, 1.165) is 35.1 Å². The van der Waals surface area contributed by atoms with Crippen LogP contribution < -0.4 is 10.6 Å². The molecule has 0 saturated heterocycles. The maximum atomic E-state index is 11.9. The lowest BCUT2D eigenvalue weighted by Gasteiger charge is -2.10. The minimum absolute atomic E-state index is 0.0919. The Morgan fingerprint density at radius 1 is 1.08 bits per heavy atom. The summed E-state index contributed by atoms with van der Waals surface area (Å²) in [5.41, 5.74) is 2.40. The number of carbonyl (C=O) groups excluding carboxylic acids is 1. The van der Waals surface area contributed by atoms with E-state index in [1.807, 2.05) is 36.4 Å². The van der Waals surface area contributed by atoms with Gasteiger partial charge < -0.3 is 10.6 Å². The van der Waals surface area contributed by atoms with Crippen molar-refractivity contribution in [2.75, 3.05) is 10.6 Å². The third kappa shape index (κ3) is 3.16. The van der Waals surface area contributed by atoms with Gasteiger partial charge in [0.15, 0.2) is 0 Å². The van der Waals surface area contributed by atoms with E-state index in [4.69, 9.17) is 11.6 Å². The summed E-state index contributed by atoms with van der Waals surface area (Å²) in [6, 6.07) is 13.1. The fourth-order valence-corrected chi connectivity index (χ4v) is 2.70. The number of nitrogens with one attached hydrogen (secondary N) is 2. The molecule has 2 aromatic carbocycles. The first-order valence-corrected chi connectivity index (χ1v) is 8.15. The predicted octanol–water partition coefficient (Wildman–Crippen LogP) is 4.38. The molecule has 2 N–H and O–H groups in total. The van der Waals surface area contributed by atoms with E-state index in [2.05, 4.69) is 20.6 Å². The van der Waals surface area contributed by atoms with Gasteiger partial charge in [-0.25, -0.2) is 9.97 Å². The monoisotopic (exact) mass is 338 g/mol. The quantitative estimate of drug-likeness (QED) is 0.741. The first kappa shape index (κ1) is 14.9. The van der Waals surface area contributed by atoms with Gasteiger partial charge in [0, 0.05) is 27.7 Å². The molecule has 1 aromatic heterocycles. The lowest BCUT2D eigenvalue weighted by Crippen LogP contribution is -2.13.